The lowest BCUT2D eigenvalue weighted by molar-refractivity contribution is -0.121. The van der Waals surface area contributed by atoms with Crippen molar-refractivity contribution in [2.45, 2.75) is 19.0 Å². The average Bonchev–Trinajstić information content (AvgIpc) is 2.75. The Hall–Kier alpha value is -2.82. The number of benzene rings is 3. The van der Waals surface area contributed by atoms with E-state index in [1.165, 1.54) is 0 Å². The lowest BCUT2D eigenvalue weighted by Gasteiger charge is -2.21. The molecule has 150 valence electrons. The average molecular weight is 409 g/mol. The minimum Gasteiger partial charge on any atom is -0.497 e. The Balaban J connectivity index is 1.67. The van der Waals surface area contributed by atoms with E-state index in [1.807, 2.05) is 73.7 Å². The van der Waals surface area contributed by atoms with Gasteiger partial charge in [0.25, 0.3) is 0 Å². The molecule has 0 unspecified atom stereocenters. The highest BCUT2D eigenvalue weighted by Crippen LogP contribution is 2.24. The third-order valence-electron chi connectivity index (χ3n) is 4.80. The minimum absolute atomic E-state index is 0.0677. The molecule has 4 nitrogen and oxygen atoms in total. The van der Waals surface area contributed by atoms with E-state index < -0.39 is 0 Å². The van der Waals surface area contributed by atoms with Gasteiger partial charge in [0.1, 0.15) is 5.75 Å². The molecule has 2 N–H and O–H groups in total. The maximum atomic E-state index is 12.5. The topological polar surface area (TPSA) is 50.4 Å². The molecular weight excluding hydrogens is 384 g/mol. The number of rotatable bonds is 8. The number of ether oxygens (including phenoxy) is 1. The summed E-state index contributed by atoms with van der Waals surface area (Å²) in [6, 6.07) is 25.3. The number of carbonyl (C=O) groups excluding carboxylic acids is 1. The van der Waals surface area contributed by atoms with E-state index in [2.05, 4.69) is 22.8 Å². The molecule has 0 saturated heterocycles. The number of halogens is 1. The molecule has 3 rings (SSSR count). The Bertz CT molecular complexity index is 912. The van der Waals surface area contributed by atoms with E-state index in [4.69, 9.17) is 16.3 Å². The number of amides is 1. The van der Waals surface area contributed by atoms with Gasteiger partial charge in [-0.05, 0) is 47.9 Å². The molecule has 2 atom stereocenters. The highest BCUT2D eigenvalue weighted by molar-refractivity contribution is 6.30. The first-order chi connectivity index (χ1) is 14.1. The van der Waals surface area contributed by atoms with Crippen molar-refractivity contribution in [1.82, 2.24) is 10.6 Å². The fourth-order valence-corrected chi connectivity index (χ4v) is 3.32. The minimum atomic E-state index is -0.0993. The number of methoxy groups -OCH3 is 1. The molecule has 1 amide bonds. The Morgan fingerprint density at radius 2 is 1.48 bits per heavy atom. The third kappa shape index (κ3) is 5.83. The first-order valence-electron chi connectivity index (χ1n) is 9.54. The first-order valence-corrected chi connectivity index (χ1v) is 9.91. The van der Waals surface area contributed by atoms with Crippen molar-refractivity contribution < 1.29 is 9.53 Å². The summed E-state index contributed by atoms with van der Waals surface area (Å²) in [6.07, 6.45) is 0. The van der Waals surface area contributed by atoms with Crippen molar-refractivity contribution in [1.29, 1.82) is 0 Å². The quantitative estimate of drug-likeness (QED) is 0.557. The highest BCUT2D eigenvalue weighted by Gasteiger charge is 2.16. The molecule has 0 radical (unpaired) electrons. The van der Waals surface area contributed by atoms with Gasteiger partial charge in [-0.2, -0.15) is 0 Å². The molecule has 5 heteroatoms. The second kappa shape index (κ2) is 10.1. The van der Waals surface area contributed by atoms with Gasteiger partial charge in [0, 0.05) is 5.02 Å². The summed E-state index contributed by atoms with van der Waals surface area (Å²) in [5, 5.41) is 7.09. The van der Waals surface area contributed by atoms with Crippen molar-refractivity contribution in [2.75, 3.05) is 13.7 Å². The van der Waals surface area contributed by atoms with Crippen LogP contribution in [0.25, 0.3) is 0 Å². The zero-order chi connectivity index (χ0) is 20.6. The second-order valence-corrected chi connectivity index (χ2v) is 7.27. The standard InChI is InChI=1S/C24H25ClN2O2/c1-17(18-8-12-21(25)13-9-18)27-23(28)16-26-24(19-6-4-3-5-7-19)20-10-14-22(29-2)15-11-20/h3-15,17,24,26H,16H2,1-2H3,(H,27,28)/t17-,24-/m0/s1. The largest absolute Gasteiger partial charge is 0.497 e. The van der Waals surface area contributed by atoms with Crippen molar-refractivity contribution in [3.63, 3.8) is 0 Å². The zero-order valence-corrected chi connectivity index (χ0v) is 17.3. The highest BCUT2D eigenvalue weighted by atomic mass is 35.5. The fraction of sp³-hybridized carbons (Fsp3) is 0.208. The zero-order valence-electron chi connectivity index (χ0n) is 16.6. The summed E-state index contributed by atoms with van der Waals surface area (Å²) in [6.45, 7) is 2.16. The molecule has 0 bridgehead atoms. The van der Waals surface area contributed by atoms with Crippen LogP contribution in [0.1, 0.15) is 35.7 Å². The van der Waals surface area contributed by atoms with Crippen LogP contribution < -0.4 is 15.4 Å². The van der Waals surface area contributed by atoms with Gasteiger partial charge in [0.15, 0.2) is 0 Å². The molecule has 0 heterocycles. The monoisotopic (exact) mass is 408 g/mol. The molecule has 0 aromatic heterocycles. The normalized spacial score (nSPS) is 12.8. The van der Waals surface area contributed by atoms with Crippen LogP contribution in [0.2, 0.25) is 5.02 Å². The van der Waals surface area contributed by atoms with Crippen LogP contribution in [0, 0.1) is 0 Å². The number of hydrogen-bond donors (Lipinski definition) is 2. The van der Waals surface area contributed by atoms with Crippen molar-refractivity contribution in [3.8, 4) is 5.75 Å². The number of hydrogen-bond acceptors (Lipinski definition) is 3. The lowest BCUT2D eigenvalue weighted by Crippen LogP contribution is -2.37. The summed E-state index contributed by atoms with van der Waals surface area (Å²) >= 11 is 5.94. The van der Waals surface area contributed by atoms with Crippen LogP contribution in [-0.2, 0) is 4.79 Å². The maximum Gasteiger partial charge on any atom is 0.234 e. The molecule has 3 aromatic carbocycles. The van der Waals surface area contributed by atoms with Crippen LogP contribution in [0.15, 0.2) is 78.9 Å². The third-order valence-corrected chi connectivity index (χ3v) is 5.05. The summed E-state index contributed by atoms with van der Waals surface area (Å²) in [4.78, 5) is 12.5. The Morgan fingerprint density at radius 3 is 2.10 bits per heavy atom. The Morgan fingerprint density at radius 1 is 0.897 bits per heavy atom. The molecular formula is C24H25ClN2O2. The second-order valence-electron chi connectivity index (χ2n) is 6.84. The van der Waals surface area contributed by atoms with E-state index in [1.54, 1.807) is 7.11 Å². The van der Waals surface area contributed by atoms with Gasteiger partial charge >= 0.3 is 0 Å². The lowest BCUT2D eigenvalue weighted by atomic mass is 9.98. The van der Waals surface area contributed by atoms with E-state index >= 15 is 0 Å². The first kappa shape index (κ1) is 20.9. The van der Waals surface area contributed by atoms with Gasteiger partial charge < -0.3 is 10.1 Å². The van der Waals surface area contributed by atoms with Crippen LogP contribution in [0.3, 0.4) is 0 Å². The van der Waals surface area contributed by atoms with E-state index in [0.717, 1.165) is 22.4 Å². The van der Waals surface area contributed by atoms with Crippen LogP contribution in [0.5, 0.6) is 5.75 Å². The maximum absolute atomic E-state index is 12.5. The number of carbonyl (C=O) groups is 1. The van der Waals surface area contributed by atoms with Crippen molar-refractivity contribution in [3.05, 3.63) is 101 Å². The SMILES string of the molecule is COc1ccc([C@@H](NCC(=O)N[C@@H](C)c2ccc(Cl)cc2)c2ccccc2)cc1. The van der Waals surface area contributed by atoms with Crippen LogP contribution >= 0.6 is 11.6 Å². The molecule has 0 aliphatic carbocycles. The van der Waals surface area contributed by atoms with Crippen LogP contribution in [0.4, 0.5) is 0 Å². The summed E-state index contributed by atoms with van der Waals surface area (Å²) < 4.78 is 5.25. The Labute approximate surface area is 176 Å². The van der Waals surface area contributed by atoms with Gasteiger partial charge in [-0.1, -0.05) is 66.2 Å². The van der Waals surface area contributed by atoms with Crippen LogP contribution in [-0.4, -0.2) is 19.6 Å². The summed E-state index contributed by atoms with van der Waals surface area (Å²) in [7, 11) is 1.65. The van der Waals surface area contributed by atoms with Gasteiger partial charge in [0.05, 0.1) is 25.7 Å². The van der Waals surface area contributed by atoms with E-state index in [9.17, 15) is 4.79 Å². The van der Waals surface area contributed by atoms with Gasteiger partial charge in [0.2, 0.25) is 5.91 Å². The molecule has 0 saturated carbocycles. The molecule has 0 aliphatic heterocycles. The Kier molecular flexibility index (Phi) is 7.28. The van der Waals surface area contributed by atoms with Gasteiger partial charge in [-0.3, -0.25) is 10.1 Å². The summed E-state index contributed by atoms with van der Waals surface area (Å²) in [5.41, 5.74) is 3.17. The van der Waals surface area contributed by atoms with E-state index in [-0.39, 0.29) is 24.5 Å². The molecule has 0 aliphatic rings. The predicted molar refractivity (Wildman–Crippen MR) is 117 cm³/mol. The van der Waals surface area contributed by atoms with Crippen molar-refractivity contribution in [2.24, 2.45) is 0 Å². The molecule has 0 spiro atoms. The molecule has 29 heavy (non-hydrogen) atoms. The smallest absolute Gasteiger partial charge is 0.234 e. The molecule has 0 fully saturated rings. The predicted octanol–water partition coefficient (Wildman–Crippen LogP) is 4.91. The molecule has 3 aromatic rings. The number of nitrogens with one attached hydrogen (secondary N) is 2. The van der Waals surface area contributed by atoms with Crippen molar-refractivity contribution >= 4 is 17.5 Å². The van der Waals surface area contributed by atoms with Gasteiger partial charge in [-0.25, -0.2) is 0 Å². The summed E-state index contributed by atoms with van der Waals surface area (Å²) in [5.74, 6) is 0.733. The fourth-order valence-electron chi connectivity index (χ4n) is 3.19. The van der Waals surface area contributed by atoms with E-state index in [0.29, 0.717) is 5.02 Å². The van der Waals surface area contributed by atoms with Gasteiger partial charge in [-0.15, -0.1) is 0 Å².